The molecule has 1 heterocycles. The van der Waals surface area contributed by atoms with Gasteiger partial charge in [0.15, 0.2) is 12.0 Å². The zero-order valence-electron chi connectivity index (χ0n) is 8.30. The lowest BCUT2D eigenvalue weighted by atomic mass is 10.0. The van der Waals surface area contributed by atoms with E-state index in [2.05, 4.69) is 0 Å². The predicted molar refractivity (Wildman–Crippen MR) is 51.4 cm³/mol. The Morgan fingerprint density at radius 1 is 1.31 bits per heavy atom. The molecule has 86 valence electrons. The summed E-state index contributed by atoms with van der Waals surface area (Å²) >= 11 is 0. The molecule has 1 rings (SSSR count). The Bertz CT molecular complexity index is 417. The van der Waals surface area contributed by atoms with E-state index in [9.17, 15) is 14.4 Å². The van der Waals surface area contributed by atoms with Gasteiger partial charge >= 0.3 is 11.9 Å². The van der Waals surface area contributed by atoms with Crippen molar-refractivity contribution in [1.29, 1.82) is 0 Å². The minimum atomic E-state index is -1.10. The predicted octanol–water partition coefficient (Wildman–Crippen LogP) is 0.736. The quantitative estimate of drug-likeness (QED) is 0.693. The van der Waals surface area contributed by atoms with Crippen LogP contribution in [0.15, 0.2) is 10.7 Å². The minimum absolute atomic E-state index is 0.0530. The van der Waals surface area contributed by atoms with Crippen molar-refractivity contribution in [1.82, 2.24) is 0 Å². The molecule has 16 heavy (non-hydrogen) atoms. The Balaban J connectivity index is 2.90. The highest BCUT2D eigenvalue weighted by atomic mass is 16.4. The molecule has 0 fully saturated rings. The lowest BCUT2D eigenvalue weighted by Crippen LogP contribution is -2.05. The van der Waals surface area contributed by atoms with Gasteiger partial charge in [0.1, 0.15) is 0 Å². The topological polar surface area (TPSA) is 105 Å². The van der Waals surface area contributed by atoms with Crippen LogP contribution in [0.4, 0.5) is 0 Å². The molecule has 0 aliphatic rings. The van der Waals surface area contributed by atoms with Crippen LogP contribution < -0.4 is 0 Å². The first kappa shape index (κ1) is 12.0. The molecule has 6 nitrogen and oxygen atoms in total. The van der Waals surface area contributed by atoms with Crippen LogP contribution in [0, 0.1) is 0 Å². The third kappa shape index (κ3) is 2.94. The summed E-state index contributed by atoms with van der Waals surface area (Å²) in [7, 11) is 0. The Morgan fingerprint density at radius 2 is 2.00 bits per heavy atom. The van der Waals surface area contributed by atoms with Crippen molar-refractivity contribution >= 4 is 18.2 Å². The fraction of sp³-hybridized carbons (Fsp3) is 0.300. The zero-order chi connectivity index (χ0) is 12.1. The monoisotopic (exact) mass is 226 g/mol. The molecule has 0 atom stereocenters. The number of carbonyl (C=O) groups excluding carboxylic acids is 1. The van der Waals surface area contributed by atoms with Gasteiger partial charge in [-0.05, 0) is 12.0 Å². The number of rotatable bonds is 6. The minimum Gasteiger partial charge on any atom is -0.481 e. The van der Waals surface area contributed by atoms with Gasteiger partial charge in [-0.25, -0.2) is 0 Å². The van der Waals surface area contributed by atoms with Crippen molar-refractivity contribution in [2.75, 3.05) is 0 Å². The van der Waals surface area contributed by atoms with E-state index < -0.39 is 11.9 Å². The summed E-state index contributed by atoms with van der Waals surface area (Å²) in [6.07, 6.45) is 1.31. The molecule has 6 heteroatoms. The molecule has 0 saturated carbocycles. The molecule has 0 bridgehead atoms. The fourth-order valence-electron chi connectivity index (χ4n) is 1.34. The van der Waals surface area contributed by atoms with E-state index in [0.29, 0.717) is 11.8 Å². The third-order valence-electron chi connectivity index (χ3n) is 2.06. The molecule has 0 saturated heterocycles. The number of aldehydes is 1. The number of aryl methyl sites for hydroxylation is 1. The standard InChI is InChI=1S/C10H10O6/c11-4-8-7(3-10(14)15)6(5-16-8)1-2-9(12)13/h4-5H,1-3H2,(H,12,13)(H,14,15). The van der Waals surface area contributed by atoms with Crippen LogP contribution in [-0.4, -0.2) is 28.4 Å². The molecule has 2 N–H and O–H groups in total. The van der Waals surface area contributed by atoms with Crippen molar-refractivity contribution in [3.05, 3.63) is 23.2 Å². The Hall–Kier alpha value is -2.11. The summed E-state index contributed by atoms with van der Waals surface area (Å²) < 4.78 is 4.85. The zero-order valence-corrected chi connectivity index (χ0v) is 8.30. The molecular weight excluding hydrogens is 216 g/mol. The Morgan fingerprint density at radius 3 is 2.50 bits per heavy atom. The first-order valence-corrected chi connectivity index (χ1v) is 4.52. The number of hydrogen-bond donors (Lipinski definition) is 2. The average Bonchev–Trinajstić information content (AvgIpc) is 2.56. The largest absolute Gasteiger partial charge is 0.481 e. The lowest BCUT2D eigenvalue weighted by molar-refractivity contribution is -0.137. The van der Waals surface area contributed by atoms with Gasteiger partial charge in [-0.2, -0.15) is 0 Å². The van der Waals surface area contributed by atoms with Gasteiger partial charge in [0.05, 0.1) is 12.7 Å². The normalized spacial score (nSPS) is 10.0. The van der Waals surface area contributed by atoms with Crippen LogP contribution in [0.1, 0.15) is 28.1 Å². The highest BCUT2D eigenvalue weighted by Gasteiger charge is 2.16. The van der Waals surface area contributed by atoms with E-state index in [1.807, 2.05) is 0 Å². The number of carboxylic acid groups (broad SMARTS) is 2. The van der Waals surface area contributed by atoms with Crippen molar-refractivity contribution in [3.63, 3.8) is 0 Å². The maximum atomic E-state index is 10.6. The van der Waals surface area contributed by atoms with E-state index in [1.54, 1.807) is 0 Å². The van der Waals surface area contributed by atoms with Gasteiger partial charge in [0.25, 0.3) is 0 Å². The number of carbonyl (C=O) groups is 3. The number of aliphatic carboxylic acids is 2. The van der Waals surface area contributed by atoms with Crippen molar-refractivity contribution in [2.24, 2.45) is 0 Å². The summed E-state index contributed by atoms with van der Waals surface area (Å²) in [5.41, 5.74) is 0.704. The fourth-order valence-corrected chi connectivity index (χ4v) is 1.34. The summed E-state index contributed by atoms with van der Waals surface area (Å²) in [6.45, 7) is 0. The number of carboxylic acids is 2. The van der Waals surface area contributed by atoms with Crippen LogP contribution in [-0.2, 0) is 22.4 Å². The van der Waals surface area contributed by atoms with E-state index in [1.165, 1.54) is 6.26 Å². The van der Waals surface area contributed by atoms with E-state index >= 15 is 0 Å². The molecule has 1 aromatic rings. The van der Waals surface area contributed by atoms with E-state index in [0.717, 1.165) is 0 Å². The average molecular weight is 226 g/mol. The second-order valence-electron chi connectivity index (χ2n) is 3.19. The van der Waals surface area contributed by atoms with Crippen LogP contribution in [0.3, 0.4) is 0 Å². The second-order valence-corrected chi connectivity index (χ2v) is 3.19. The maximum absolute atomic E-state index is 10.6. The van der Waals surface area contributed by atoms with Crippen molar-refractivity contribution < 1.29 is 29.0 Å². The molecule has 1 aromatic heterocycles. The summed E-state index contributed by atoms with van der Waals surface area (Å²) in [5.74, 6) is -2.14. The second kappa shape index (κ2) is 5.11. The van der Waals surface area contributed by atoms with E-state index in [4.69, 9.17) is 14.6 Å². The van der Waals surface area contributed by atoms with Gasteiger partial charge < -0.3 is 14.6 Å². The number of furan rings is 1. The molecule has 0 spiro atoms. The van der Waals surface area contributed by atoms with Gasteiger partial charge in [-0.3, -0.25) is 14.4 Å². The molecule has 0 amide bonds. The van der Waals surface area contributed by atoms with Crippen molar-refractivity contribution in [2.45, 2.75) is 19.3 Å². The van der Waals surface area contributed by atoms with Crippen LogP contribution in [0.2, 0.25) is 0 Å². The molecule has 0 aliphatic heterocycles. The van der Waals surface area contributed by atoms with Gasteiger partial charge in [0, 0.05) is 12.0 Å². The number of hydrogen-bond acceptors (Lipinski definition) is 4. The van der Waals surface area contributed by atoms with Crippen molar-refractivity contribution in [3.8, 4) is 0 Å². The van der Waals surface area contributed by atoms with Crippen LogP contribution in [0.5, 0.6) is 0 Å². The Labute approximate surface area is 90.5 Å². The SMILES string of the molecule is O=Cc1occ(CCC(=O)O)c1CC(=O)O. The maximum Gasteiger partial charge on any atom is 0.307 e. The van der Waals surface area contributed by atoms with Gasteiger partial charge in [-0.15, -0.1) is 0 Å². The van der Waals surface area contributed by atoms with Crippen LogP contribution >= 0.6 is 0 Å². The molecule has 0 radical (unpaired) electrons. The summed E-state index contributed by atoms with van der Waals surface area (Å²) in [5, 5.41) is 17.1. The third-order valence-corrected chi connectivity index (χ3v) is 2.06. The summed E-state index contributed by atoms with van der Waals surface area (Å²) in [4.78, 5) is 31.5. The molecular formula is C10H10O6. The smallest absolute Gasteiger partial charge is 0.307 e. The van der Waals surface area contributed by atoms with E-state index in [-0.39, 0.29) is 30.6 Å². The highest BCUT2D eigenvalue weighted by Crippen LogP contribution is 2.18. The van der Waals surface area contributed by atoms with Gasteiger partial charge in [-0.1, -0.05) is 0 Å². The summed E-state index contributed by atoms with van der Waals surface area (Å²) in [6, 6.07) is 0. The first-order chi connectivity index (χ1) is 7.54. The molecule has 0 unspecified atom stereocenters. The molecule has 0 aromatic carbocycles. The lowest BCUT2D eigenvalue weighted by Gasteiger charge is -1.98. The Kier molecular flexibility index (Phi) is 3.82. The first-order valence-electron chi connectivity index (χ1n) is 4.52. The molecule has 0 aliphatic carbocycles. The highest BCUT2D eigenvalue weighted by molar-refractivity contribution is 5.79. The van der Waals surface area contributed by atoms with Gasteiger partial charge in [0.2, 0.25) is 0 Å². The van der Waals surface area contributed by atoms with Crippen LogP contribution in [0.25, 0.3) is 0 Å².